The van der Waals surface area contributed by atoms with E-state index in [9.17, 15) is 0 Å². The summed E-state index contributed by atoms with van der Waals surface area (Å²) in [7, 11) is 3.81. The van der Waals surface area contributed by atoms with Crippen LogP contribution in [0.4, 0.5) is 0 Å². The largest absolute Gasteiger partial charge is 0.383 e. The molecule has 1 unspecified atom stereocenters. The van der Waals surface area contributed by atoms with Crippen LogP contribution in [0.15, 0.2) is 30.3 Å². The van der Waals surface area contributed by atoms with Crippen LogP contribution < -0.4 is 5.32 Å². The second-order valence-corrected chi connectivity index (χ2v) is 4.91. The quantitative estimate of drug-likeness (QED) is 0.835. The molecule has 0 bridgehead atoms. The fourth-order valence-corrected chi connectivity index (χ4v) is 2.61. The van der Waals surface area contributed by atoms with Crippen molar-refractivity contribution in [3.63, 3.8) is 0 Å². The Balaban J connectivity index is 1.93. The Bertz CT molecular complexity index is 341. The molecule has 1 fully saturated rings. The molecule has 1 aromatic carbocycles. The molecule has 1 aliphatic rings. The third-order valence-corrected chi connectivity index (χ3v) is 3.63. The molecule has 1 heterocycles. The zero-order chi connectivity index (χ0) is 12.1. The molecule has 0 radical (unpaired) electrons. The van der Waals surface area contributed by atoms with Gasteiger partial charge in [-0.05, 0) is 19.0 Å². The second kappa shape index (κ2) is 5.63. The molecule has 17 heavy (non-hydrogen) atoms. The van der Waals surface area contributed by atoms with Crippen LogP contribution in [0.1, 0.15) is 12.0 Å². The van der Waals surface area contributed by atoms with Gasteiger partial charge in [0.25, 0.3) is 0 Å². The fraction of sp³-hybridized carbons (Fsp3) is 0.571. The lowest BCUT2D eigenvalue weighted by Gasteiger charge is -2.28. The molecule has 1 saturated heterocycles. The molecule has 1 N–H and O–H groups in total. The van der Waals surface area contributed by atoms with Crippen LogP contribution in [0.2, 0.25) is 0 Å². The minimum Gasteiger partial charge on any atom is -0.383 e. The summed E-state index contributed by atoms with van der Waals surface area (Å²) in [6.45, 7) is 4.02. The van der Waals surface area contributed by atoms with Crippen LogP contribution >= 0.6 is 0 Å². The highest BCUT2D eigenvalue weighted by atomic mass is 16.5. The van der Waals surface area contributed by atoms with E-state index in [1.54, 1.807) is 7.11 Å². The van der Waals surface area contributed by atoms with E-state index in [1.807, 2.05) is 7.05 Å². The average molecular weight is 234 g/mol. The number of rotatable bonds is 5. The molecule has 2 rings (SSSR count). The molecule has 3 nitrogen and oxygen atoms in total. The zero-order valence-corrected chi connectivity index (χ0v) is 10.8. The van der Waals surface area contributed by atoms with Gasteiger partial charge < -0.3 is 10.1 Å². The topological polar surface area (TPSA) is 24.5 Å². The van der Waals surface area contributed by atoms with E-state index in [2.05, 4.69) is 40.5 Å². The van der Waals surface area contributed by atoms with Crippen LogP contribution in [-0.2, 0) is 11.3 Å². The van der Waals surface area contributed by atoms with Gasteiger partial charge in [-0.25, -0.2) is 0 Å². The van der Waals surface area contributed by atoms with Crippen LogP contribution in [-0.4, -0.2) is 44.3 Å². The first-order chi connectivity index (χ1) is 8.28. The standard InChI is InChI=1S/C14H22N2O/c1-15-14(12-17-2)8-9-16(11-14)10-13-6-4-3-5-7-13/h3-7,15H,8-12H2,1-2H3. The summed E-state index contributed by atoms with van der Waals surface area (Å²) < 4.78 is 5.33. The molecule has 0 aliphatic carbocycles. The zero-order valence-electron chi connectivity index (χ0n) is 10.8. The van der Waals surface area contributed by atoms with Crippen LogP contribution in [0.25, 0.3) is 0 Å². The SMILES string of the molecule is CNC1(COC)CCN(Cc2ccccc2)C1. The number of likely N-dealkylation sites (tertiary alicyclic amines) is 1. The van der Waals surface area contributed by atoms with Crippen molar-refractivity contribution >= 4 is 0 Å². The van der Waals surface area contributed by atoms with Crippen LogP contribution in [0.5, 0.6) is 0 Å². The Hall–Kier alpha value is -0.900. The lowest BCUT2D eigenvalue weighted by molar-refractivity contribution is 0.115. The lowest BCUT2D eigenvalue weighted by atomic mass is 10.0. The maximum absolute atomic E-state index is 5.33. The molecular formula is C14H22N2O. The molecule has 1 aliphatic heterocycles. The van der Waals surface area contributed by atoms with Crippen molar-refractivity contribution in [1.29, 1.82) is 0 Å². The van der Waals surface area contributed by atoms with Gasteiger partial charge in [-0.2, -0.15) is 0 Å². The third kappa shape index (κ3) is 3.06. The predicted octanol–water partition coefficient (Wildman–Crippen LogP) is 1.50. The van der Waals surface area contributed by atoms with E-state index in [-0.39, 0.29) is 5.54 Å². The van der Waals surface area contributed by atoms with Crippen molar-refractivity contribution in [1.82, 2.24) is 10.2 Å². The summed E-state index contributed by atoms with van der Waals surface area (Å²) in [5.41, 5.74) is 1.53. The molecule has 0 aromatic heterocycles. The van der Waals surface area contributed by atoms with Crippen molar-refractivity contribution in [2.75, 3.05) is 33.9 Å². The number of hydrogen-bond acceptors (Lipinski definition) is 3. The second-order valence-electron chi connectivity index (χ2n) is 4.91. The van der Waals surface area contributed by atoms with Gasteiger partial charge in [0.1, 0.15) is 0 Å². The summed E-state index contributed by atoms with van der Waals surface area (Å²) in [5.74, 6) is 0. The molecular weight excluding hydrogens is 212 g/mol. The number of methoxy groups -OCH3 is 1. The number of ether oxygens (including phenoxy) is 1. The van der Waals surface area contributed by atoms with Crippen molar-refractivity contribution in [3.8, 4) is 0 Å². The monoisotopic (exact) mass is 234 g/mol. The minimum atomic E-state index is 0.142. The van der Waals surface area contributed by atoms with Gasteiger partial charge in [0.05, 0.1) is 12.1 Å². The molecule has 0 spiro atoms. The van der Waals surface area contributed by atoms with Crippen LogP contribution in [0.3, 0.4) is 0 Å². The summed E-state index contributed by atoms with van der Waals surface area (Å²) in [6, 6.07) is 10.7. The van der Waals surface area contributed by atoms with E-state index in [0.717, 1.165) is 32.7 Å². The molecule has 1 aromatic rings. The first-order valence-corrected chi connectivity index (χ1v) is 6.22. The van der Waals surface area contributed by atoms with Crippen molar-refractivity contribution in [2.24, 2.45) is 0 Å². The number of nitrogens with one attached hydrogen (secondary N) is 1. The molecule has 0 amide bonds. The third-order valence-electron chi connectivity index (χ3n) is 3.63. The van der Waals surface area contributed by atoms with E-state index in [0.29, 0.717) is 0 Å². The van der Waals surface area contributed by atoms with Crippen molar-refractivity contribution in [3.05, 3.63) is 35.9 Å². The highest BCUT2D eigenvalue weighted by Crippen LogP contribution is 2.22. The summed E-state index contributed by atoms with van der Waals surface area (Å²) >= 11 is 0. The first kappa shape index (κ1) is 12.6. The Morgan fingerprint density at radius 2 is 2.12 bits per heavy atom. The Morgan fingerprint density at radius 3 is 2.76 bits per heavy atom. The Kier molecular flexibility index (Phi) is 4.15. The van der Waals surface area contributed by atoms with Gasteiger partial charge in [-0.3, -0.25) is 4.90 Å². The summed E-state index contributed by atoms with van der Waals surface area (Å²) in [5, 5.41) is 3.43. The highest BCUT2D eigenvalue weighted by molar-refractivity contribution is 5.15. The van der Waals surface area contributed by atoms with Gasteiger partial charge in [-0.1, -0.05) is 30.3 Å². The van der Waals surface area contributed by atoms with Gasteiger partial charge >= 0.3 is 0 Å². The minimum absolute atomic E-state index is 0.142. The number of likely N-dealkylation sites (N-methyl/N-ethyl adjacent to an activating group) is 1. The van der Waals surface area contributed by atoms with Gasteiger partial charge in [-0.15, -0.1) is 0 Å². The van der Waals surface area contributed by atoms with Crippen molar-refractivity contribution in [2.45, 2.75) is 18.5 Å². The summed E-state index contributed by atoms with van der Waals surface area (Å²) in [4.78, 5) is 2.49. The maximum atomic E-state index is 5.33. The Morgan fingerprint density at radius 1 is 1.35 bits per heavy atom. The van der Waals surface area contributed by atoms with Gasteiger partial charge in [0.2, 0.25) is 0 Å². The van der Waals surface area contributed by atoms with Crippen LogP contribution in [0, 0.1) is 0 Å². The summed E-state index contributed by atoms with van der Waals surface area (Å²) in [6.07, 6.45) is 1.16. The molecule has 1 atom stereocenters. The normalized spacial score (nSPS) is 25.3. The van der Waals surface area contributed by atoms with E-state index in [4.69, 9.17) is 4.74 Å². The highest BCUT2D eigenvalue weighted by Gasteiger charge is 2.36. The predicted molar refractivity (Wildman–Crippen MR) is 70.0 cm³/mol. The van der Waals surface area contributed by atoms with Gasteiger partial charge in [0, 0.05) is 26.7 Å². The molecule has 94 valence electrons. The van der Waals surface area contributed by atoms with E-state index < -0.39 is 0 Å². The van der Waals surface area contributed by atoms with E-state index in [1.165, 1.54) is 5.56 Å². The lowest BCUT2D eigenvalue weighted by Crippen LogP contribution is -2.49. The van der Waals surface area contributed by atoms with Gasteiger partial charge in [0.15, 0.2) is 0 Å². The smallest absolute Gasteiger partial charge is 0.0657 e. The molecule has 0 saturated carbocycles. The number of benzene rings is 1. The Labute approximate surface area is 104 Å². The van der Waals surface area contributed by atoms with E-state index >= 15 is 0 Å². The average Bonchev–Trinajstić information content (AvgIpc) is 2.75. The fourth-order valence-electron chi connectivity index (χ4n) is 2.61. The number of nitrogens with zero attached hydrogens (tertiary/aromatic N) is 1. The first-order valence-electron chi connectivity index (χ1n) is 6.22. The van der Waals surface area contributed by atoms with Crippen molar-refractivity contribution < 1.29 is 4.74 Å². The maximum Gasteiger partial charge on any atom is 0.0657 e. The molecule has 3 heteroatoms. The number of hydrogen-bond donors (Lipinski definition) is 1.